The predicted octanol–water partition coefficient (Wildman–Crippen LogP) is 2.25. The molecule has 0 bridgehead atoms. The van der Waals surface area contributed by atoms with Crippen molar-refractivity contribution in [3.8, 4) is 23.8 Å². The Hall–Kier alpha value is -1.37. The summed E-state index contributed by atoms with van der Waals surface area (Å²) < 4.78 is 10.7. The third-order valence-corrected chi connectivity index (χ3v) is 2.38. The van der Waals surface area contributed by atoms with Crippen molar-refractivity contribution in [3.05, 3.63) is 22.7 Å². The van der Waals surface area contributed by atoms with Gasteiger partial charge in [-0.3, -0.25) is 0 Å². The van der Waals surface area contributed by atoms with Gasteiger partial charge in [0.1, 0.15) is 6.61 Å². The van der Waals surface area contributed by atoms with Gasteiger partial charge in [-0.15, -0.1) is 6.42 Å². The van der Waals surface area contributed by atoms with E-state index in [2.05, 4.69) is 5.92 Å². The molecule has 4 heteroatoms. The molecular formula is C13H16ClNO2. The van der Waals surface area contributed by atoms with E-state index >= 15 is 0 Å². The molecule has 1 rings (SSSR count). The monoisotopic (exact) mass is 253 g/mol. The standard InChI is InChI=1S/C13H16ClNO2/c1-4-5-17-13-10(6-9(2)15)7-11(14)8-12(13)16-3/h1,7-9H,5-6,15H2,2-3H3. The summed E-state index contributed by atoms with van der Waals surface area (Å²) in [6, 6.07) is 3.52. The average molecular weight is 254 g/mol. The number of rotatable bonds is 5. The lowest BCUT2D eigenvalue weighted by atomic mass is 10.1. The Balaban J connectivity index is 3.14. The van der Waals surface area contributed by atoms with E-state index in [1.54, 1.807) is 13.2 Å². The first kappa shape index (κ1) is 13.7. The molecule has 1 aromatic carbocycles. The summed E-state index contributed by atoms with van der Waals surface area (Å²) >= 11 is 6.00. The fourth-order valence-electron chi connectivity index (χ4n) is 1.55. The number of hydrogen-bond acceptors (Lipinski definition) is 3. The first-order valence-electron chi connectivity index (χ1n) is 5.26. The third kappa shape index (κ3) is 3.85. The van der Waals surface area contributed by atoms with Crippen molar-refractivity contribution in [2.45, 2.75) is 19.4 Å². The largest absolute Gasteiger partial charge is 0.493 e. The van der Waals surface area contributed by atoms with Crippen LogP contribution in [0.25, 0.3) is 0 Å². The van der Waals surface area contributed by atoms with Crippen LogP contribution in [0.2, 0.25) is 5.02 Å². The van der Waals surface area contributed by atoms with Gasteiger partial charge < -0.3 is 15.2 Å². The van der Waals surface area contributed by atoms with Gasteiger partial charge in [-0.2, -0.15) is 0 Å². The second kappa shape index (κ2) is 6.39. The molecule has 0 aliphatic rings. The van der Waals surface area contributed by atoms with E-state index in [0.717, 1.165) is 5.56 Å². The van der Waals surface area contributed by atoms with Crippen LogP contribution in [0.5, 0.6) is 11.5 Å². The van der Waals surface area contributed by atoms with Crippen molar-refractivity contribution >= 4 is 11.6 Å². The zero-order valence-corrected chi connectivity index (χ0v) is 10.8. The van der Waals surface area contributed by atoms with Gasteiger partial charge in [-0.1, -0.05) is 17.5 Å². The topological polar surface area (TPSA) is 44.5 Å². The molecular weight excluding hydrogens is 238 g/mol. The fraction of sp³-hybridized carbons (Fsp3) is 0.385. The Kier molecular flexibility index (Phi) is 5.14. The Morgan fingerprint density at radius 3 is 2.76 bits per heavy atom. The first-order chi connectivity index (χ1) is 8.08. The quantitative estimate of drug-likeness (QED) is 0.819. The second-order valence-corrected chi connectivity index (χ2v) is 4.21. The van der Waals surface area contributed by atoms with E-state index in [9.17, 15) is 0 Å². The summed E-state index contributed by atoms with van der Waals surface area (Å²) in [5.41, 5.74) is 6.69. The second-order valence-electron chi connectivity index (χ2n) is 3.77. The van der Waals surface area contributed by atoms with Gasteiger partial charge >= 0.3 is 0 Å². The molecule has 0 saturated carbocycles. The maximum Gasteiger partial charge on any atom is 0.165 e. The molecule has 0 aliphatic heterocycles. The summed E-state index contributed by atoms with van der Waals surface area (Å²) in [7, 11) is 1.56. The number of ether oxygens (including phenoxy) is 2. The molecule has 1 aromatic rings. The molecule has 17 heavy (non-hydrogen) atoms. The molecule has 0 aromatic heterocycles. The Morgan fingerprint density at radius 2 is 2.24 bits per heavy atom. The summed E-state index contributed by atoms with van der Waals surface area (Å²) in [6.45, 7) is 2.10. The molecule has 1 atom stereocenters. The maximum absolute atomic E-state index is 6.00. The van der Waals surface area contributed by atoms with Crippen LogP contribution in [0, 0.1) is 12.3 Å². The van der Waals surface area contributed by atoms with Crippen LogP contribution in [0.4, 0.5) is 0 Å². The molecule has 1 unspecified atom stereocenters. The highest BCUT2D eigenvalue weighted by molar-refractivity contribution is 6.30. The van der Waals surface area contributed by atoms with Crippen LogP contribution in [-0.4, -0.2) is 19.8 Å². The van der Waals surface area contributed by atoms with E-state index in [1.807, 2.05) is 13.0 Å². The molecule has 2 N–H and O–H groups in total. The number of terminal acetylenes is 1. The maximum atomic E-state index is 6.00. The molecule has 92 valence electrons. The lowest BCUT2D eigenvalue weighted by Gasteiger charge is -2.15. The number of methoxy groups -OCH3 is 1. The van der Waals surface area contributed by atoms with Crippen molar-refractivity contribution in [3.63, 3.8) is 0 Å². The van der Waals surface area contributed by atoms with Gasteiger partial charge in [-0.05, 0) is 19.4 Å². The summed E-state index contributed by atoms with van der Waals surface area (Å²) in [5, 5.41) is 0.588. The highest BCUT2D eigenvalue weighted by atomic mass is 35.5. The summed E-state index contributed by atoms with van der Waals surface area (Å²) in [4.78, 5) is 0. The molecule has 0 heterocycles. The average Bonchev–Trinajstić information content (AvgIpc) is 2.26. The van der Waals surface area contributed by atoms with Crippen molar-refractivity contribution in [1.29, 1.82) is 0 Å². The highest BCUT2D eigenvalue weighted by Gasteiger charge is 2.13. The van der Waals surface area contributed by atoms with Crippen LogP contribution in [0.3, 0.4) is 0 Å². The van der Waals surface area contributed by atoms with Crippen LogP contribution in [0.1, 0.15) is 12.5 Å². The molecule has 0 spiro atoms. The molecule has 0 aliphatic carbocycles. The summed E-state index contributed by atoms with van der Waals surface area (Å²) in [6.07, 6.45) is 5.83. The smallest absolute Gasteiger partial charge is 0.165 e. The van der Waals surface area contributed by atoms with Gasteiger partial charge in [0.25, 0.3) is 0 Å². The molecule has 3 nitrogen and oxygen atoms in total. The Morgan fingerprint density at radius 1 is 1.53 bits per heavy atom. The number of benzene rings is 1. The zero-order chi connectivity index (χ0) is 12.8. The Labute approximate surface area is 107 Å². The molecule has 0 amide bonds. The first-order valence-corrected chi connectivity index (χ1v) is 5.64. The lowest BCUT2D eigenvalue weighted by molar-refractivity contribution is 0.327. The van der Waals surface area contributed by atoms with Gasteiger partial charge in [-0.25, -0.2) is 0 Å². The highest BCUT2D eigenvalue weighted by Crippen LogP contribution is 2.35. The minimum atomic E-state index is 0.00589. The minimum absolute atomic E-state index is 0.00589. The van der Waals surface area contributed by atoms with Crippen LogP contribution < -0.4 is 15.2 Å². The van der Waals surface area contributed by atoms with Gasteiger partial charge in [0, 0.05) is 22.7 Å². The Bertz CT molecular complexity index is 424. The minimum Gasteiger partial charge on any atom is -0.493 e. The molecule has 0 fully saturated rings. The van der Waals surface area contributed by atoms with Crippen molar-refractivity contribution in [2.24, 2.45) is 5.73 Å². The fourth-order valence-corrected chi connectivity index (χ4v) is 1.78. The molecule has 0 radical (unpaired) electrons. The summed E-state index contributed by atoms with van der Waals surface area (Å²) in [5.74, 6) is 3.61. The van der Waals surface area contributed by atoms with Gasteiger partial charge in [0.2, 0.25) is 0 Å². The van der Waals surface area contributed by atoms with Gasteiger partial charge in [0.05, 0.1) is 7.11 Å². The van der Waals surface area contributed by atoms with Crippen molar-refractivity contribution < 1.29 is 9.47 Å². The van der Waals surface area contributed by atoms with Crippen LogP contribution in [-0.2, 0) is 6.42 Å². The van der Waals surface area contributed by atoms with E-state index in [1.165, 1.54) is 0 Å². The van der Waals surface area contributed by atoms with Crippen molar-refractivity contribution in [2.75, 3.05) is 13.7 Å². The van der Waals surface area contributed by atoms with E-state index in [0.29, 0.717) is 22.9 Å². The number of hydrogen-bond donors (Lipinski definition) is 1. The SMILES string of the molecule is C#CCOc1c(CC(C)N)cc(Cl)cc1OC. The number of nitrogens with two attached hydrogens (primary N) is 1. The molecule has 0 saturated heterocycles. The number of halogens is 1. The normalized spacial score (nSPS) is 11.7. The van der Waals surface area contributed by atoms with Gasteiger partial charge in [0.15, 0.2) is 11.5 Å². The van der Waals surface area contributed by atoms with Crippen LogP contribution >= 0.6 is 11.6 Å². The van der Waals surface area contributed by atoms with Crippen molar-refractivity contribution in [1.82, 2.24) is 0 Å². The third-order valence-electron chi connectivity index (χ3n) is 2.16. The lowest BCUT2D eigenvalue weighted by Crippen LogP contribution is -2.18. The van der Waals surface area contributed by atoms with E-state index in [-0.39, 0.29) is 12.6 Å². The van der Waals surface area contributed by atoms with Crippen LogP contribution in [0.15, 0.2) is 12.1 Å². The van der Waals surface area contributed by atoms with E-state index in [4.69, 9.17) is 33.2 Å². The van der Waals surface area contributed by atoms with E-state index < -0.39 is 0 Å². The zero-order valence-electron chi connectivity index (χ0n) is 10.00. The predicted molar refractivity (Wildman–Crippen MR) is 69.7 cm³/mol.